The maximum absolute atomic E-state index is 8.80. The number of hydrogen-bond donors (Lipinski definition) is 0. The molecule has 0 spiro atoms. The predicted molar refractivity (Wildman–Crippen MR) is 224 cm³/mol. The Balaban J connectivity index is 0.000000198. The van der Waals surface area contributed by atoms with Crippen LogP contribution in [0.15, 0.2) is 102 Å². The van der Waals surface area contributed by atoms with Crippen molar-refractivity contribution < 1.29 is 31.4 Å². The Kier molecular flexibility index (Phi) is 9.42. The van der Waals surface area contributed by atoms with E-state index >= 15 is 0 Å². The van der Waals surface area contributed by atoms with Gasteiger partial charge in [0.05, 0.1) is 22.4 Å². The molecule has 4 aromatic heterocycles. The molecule has 4 heterocycles. The Morgan fingerprint density at radius 3 is 2.31 bits per heavy atom. The molecular weight excluding hydrogens is 901 g/mol. The van der Waals surface area contributed by atoms with Crippen LogP contribution in [0.1, 0.15) is 55.6 Å². The van der Waals surface area contributed by atoms with Crippen molar-refractivity contribution in [3.63, 3.8) is 0 Å². The second-order valence-electron chi connectivity index (χ2n) is 15.7. The van der Waals surface area contributed by atoms with Crippen molar-refractivity contribution in [2.24, 2.45) is 5.41 Å². The quantitative estimate of drug-likeness (QED) is 0.127. The van der Waals surface area contributed by atoms with Crippen LogP contribution >= 0.6 is 0 Å². The van der Waals surface area contributed by atoms with Gasteiger partial charge in [-0.1, -0.05) is 41.3 Å². The maximum atomic E-state index is 8.80. The molecule has 0 atom stereocenters. The van der Waals surface area contributed by atoms with E-state index in [2.05, 4.69) is 94.2 Å². The van der Waals surface area contributed by atoms with Crippen LogP contribution in [-0.4, -0.2) is 32.8 Å². The number of nitrogens with zero attached hydrogens (tertiary/aromatic N) is 4. The van der Waals surface area contributed by atoms with E-state index < -0.39 is 31.9 Å². The number of hydrogen-bond acceptors (Lipinski definition) is 4. The van der Waals surface area contributed by atoms with Gasteiger partial charge in [-0.3, -0.25) is 4.98 Å². The van der Waals surface area contributed by atoms with E-state index in [0.717, 1.165) is 54.6 Å². The Labute approximate surface area is 343 Å². The van der Waals surface area contributed by atoms with Crippen molar-refractivity contribution >= 4 is 50.8 Å². The largest absolute Gasteiger partial charge is 0 e. The number of aryl methyl sites for hydroxylation is 4. The SMILES string of the molecule is Cc1ccc2c(n1)oc1c(-c3nc4ccccc4n3-c3c(C)cccc3C)[c-]ccc12.[2H]C([2H])([2H])c1c[c-]c(-c2cc(C([2H])([2H])C(C)(C)C)[c]([Ge]([CH3])([CH3])[CH3])cn2)cc1.[Ir]. The van der Waals surface area contributed by atoms with Crippen molar-refractivity contribution in [3.05, 3.63) is 137 Å². The van der Waals surface area contributed by atoms with Crippen LogP contribution in [0.3, 0.4) is 0 Å². The zero-order valence-electron chi connectivity index (χ0n) is 37.3. The molecule has 0 unspecified atom stereocenters. The molecule has 1 radical (unpaired) electrons. The summed E-state index contributed by atoms with van der Waals surface area (Å²) < 4.78 is 49.6. The van der Waals surface area contributed by atoms with Gasteiger partial charge in [0.25, 0.3) is 0 Å². The van der Waals surface area contributed by atoms with Crippen LogP contribution in [0, 0.1) is 45.2 Å². The fourth-order valence-corrected chi connectivity index (χ4v) is 9.68. The third-order valence-electron chi connectivity index (χ3n) is 9.20. The van der Waals surface area contributed by atoms with Gasteiger partial charge in [-0.2, -0.15) is 0 Å². The summed E-state index contributed by atoms with van der Waals surface area (Å²) in [5.74, 6) is 7.52. The van der Waals surface area contributed by atoms with E-state index in [1.54, 1.807) is 12.1 Å². The van der Waals surface area contributed by atoms with Crippen molar-refractivity contribution in [1.82, 2.24) is 19.5 Å². The summed E-state index contributed by atoms with van der Waals surface area (Å²) in [5.41, 5.74) is 10.4. The van der Waals surface area contributed by atoms with Gasteiger partial charge in [-0.25, -0.2) is 4.98 Å². The van der Waals surface area contributed by atoms with Crippen LogP contribution in [0.2, 0.25) is 17.3 Å². The van der Waals surface area contributed by atoms with Gasteiger partial charge in [0, 0.05) is 36.9 Å². The zero-order chi connectivity index (χ0) is 41.9. The van der Waals surface area contributed by atoms with E-state index in [1.807, 2.05) is 70.3 Å². The number of benzene rings is 4. The topological polar surface area (TPSA) is 56.7 Å². The second kappa shape index (κ2) is 15.4. The molecule has 8 rings (SSSR count). The average molecular weight is 955 g/mol. The second-order valence-corrected chi connectivity index (χ2v) is 26.3. The van der Waals surface area contributed by atoms with E-state index in [9.17, 15) is 0 Å². The molecule has 0 saturated heterocycles. The first-order valence-electron chi connectivity index (χ1n) is 20.5. The average Bonchev–Trinajstić information content (AvgIpc) is 3.72. The van der Waals surface area contributed by atoms with Gasteiger partial charge in [-0.15, -0.1) is 18.2 Å². The molecule has 0 aliphatic carbocycles. The summed E-state index contributed by atoms with van der Waals surface area (Å²) in [7, 11) is 0. The first kappa shape index (κ1) is 33.0. The van der Waals surface area contributed by atoms with Gasteiger partial charge >= 0.3 is 145 Å². The molecule has 4 aromatic carbocycles. The van der Waals surface area contributed by atoms with Crippen molar-refractivity contribution in [3.8, 4) is 28.3 Å². The number of para-hydroxylation sites is 3. The summed E-state index contributed by atoms with van der Waals surface area (Å²) in [6.45, 7) is 9.80. The number of furan rings is 1. The number of pyridine rings is 2. The number of aromatic nitrogens is 4. The summed E-state index contributed by atoms with van der Waals surface area (Å²) >= 11 is -2.36. The molecule has 8 aromatic rings. The normalized spacial score (nSPS) is 13.7. The van der Waals surface area contributed by atoms with Crippen molar-refractivity contribution in [2.75, 3.05) is 0 Å². The van der Waals surface area contributed by atoms with Crippen molar-refractivity contribution in [1.29, 1.82) is 0 Å². The fourth-order valence-electron chi connectivity index (χ4n) is 6.75. The van der Waals surface area contributed by atoms with Crippen LogP contribution in [-0.2, 0) is 26.5 Å². The summed E-state index contributed by atoms with van der Waals surface area (Å²) in [4.78, 5) is 14.2. The monoisotopic (exact) mass is 956 g/mol. The van der Waals surface area contributed by atoms with E-state index in [1.165, 1.54) is 17.2 Å². The molecule has 0 fully saturated rings. The maximum Gasteiger partial charge on any atom is 0 e. The zero-order valence-corrected chi connectivity index (χ0v) is 36.8. The van der Waals surface area contributed by atoms with E-state index in [-0.39, 0.29) is 25.7 Å². The molecular formula is C47H48GeIrN4O-2. The molecule has 54 heavy (non-hydrogen) atoms. The fraction of sp³-hybridized carbons (Fsp3) is 0.255. The van der Waals surface area contributed by atoms with Gasteiger partial charge in [-0.05, 0) is 56.2 Å². The standard InChI is InChI=1S/C27H20N3O.C20H28GeN.Ir/c1-16-8-6-9-17(2)24(16)30-23-13-5-4-12-22(23)29-26(30)21-11-7-10-19-20-15-14-18(3)28-27(20)31-25(19)21;1-15-8-10-16(11-9-15)19-12-17(13-20(2,3)4)18(14-22-19)21(5,6)7;/h4-10,12-15H,1-3H3;8-10,12,14H,13H2,1-7H3;/q2*-1;/i;1D3,13D2;. The summed E-state index contributed by atoms with van der Waals surface area (Å²) in [5, 5.41) is 2.03. The molecule has 0 bridgehead atoms. The minimum atomic E-state index is -2.36. The van der Waals surface area contributed by atoms with E-state index in [4.69, 9.17) is 16.3 Å². The summed E-state index contributed by atoms with van der Waals surface area (Å²) in [6, 6.07) is 35.6. The third-order valence-corrected chi connectivity index (χ3v) is 13.4. The van der Waals surface area contributed by atoms with Crippen LogP contribution in [0.5, 0.6) is 0 Å². The number of rotatable bonds is 5. The molecule has 7 heteroatoms. The first-order valence-corrected chi connectivity index (χ1v) is 25.3. The summed E-state index contributed by atoms with van der Waals surface area (Å²) in [6.07, 6.45) is 0.303. The molecule has 0 amide bonds. The Hall–Kier alpha value is -4.36. The van der Waals surface area contributed by atoms with Gasteiger partial charge in [0.15, 0.2) is 0 Å². The van der Waals surface area contributed by atoms with Crippen molar-refractivity contribution in [2.45, 2.75) is 72.0 Å². The molecule has 0 saturated carbocycles. The van der Waals surface area contributed by atoms with Gasteiger partial charge in [0.2, 0.25) is 5.71 Å². The Bertz CT molecular complexity index is 2790. The minimum Gasteiger partial charge on any atom is 0 e. The Morgan fingerprint density at radius 1 is 0.870 bits per heavy atom. The van der Waals surface area contributed by atoms with Crippen LogP contribution < -0.4 is 4.40 Å². The van der Waals surface area contributed by atoms with Gasteiger partial charge < -0.3 is 8.98 Å². The molecule has 0 N–H and O–H groups in total. The van der Waals surface area contributed by atoms with Crippen LogP contribution in [0.25, 0.3) is 61.4 Å². The number of imidazole rings is 1. The predicted octanol–water partition coefficient (Wildman–Crippen LogP) is 11.7. The molecule has 0 aliphatic heterocycles. The number of fused-ring (bicyclic) bond motifs is 4. The van der Waals surface area contributed by atoms with Crippen LogP contribution in [0.4, 0.5) is 0 Å². The minimum absolute atomic E-state index is 0. The molecule has 5 nitrogen and oxygen atoms in total. The Morgan fingerprint density at radius 2 is 1.63 bits per heavy atom. The van der Waals surface area contributed by atoms with Gasteiger partial charge in [0.1, 0.15) is 0 Å². The third kappa shape index (κ3) is 8.03. The van der Waals surface area contributed by atoms with E-state index in [0.29, 0.717) is 22.5 Å². The first-order chi connectivity index (χ1) is 27.2. The molecule has 277 valence electrons. The smallest absolute Gasteiger partial charge is 0 e. The molecule has 0 aliphatic rings.